The molecule has 24 heavy (non-hydrogen) atoms. The first-order valence-electron chi connectivity index (χ1n) is 8.28. The molecule has 3 atom stereocenters. The first-order valence-corrected chi connectivity index (χ1v) is 8.28. The van der Waals surface area contributed by atoms with Crippen LogP contribution in [0.25, 0.3) is 0 Å². The van der Waals surface area contributed by atoms with Gasteiger partial charge in [-0.05, 0) is 30.5 Å². The summed E-state index contributed by atoms with van der Waals surface area (Å²) >= 11 is 0. The monoisotopic (exact) mass is 328 g/mol. The Hall–Kier alpha value is -2.18. The van der Waals surface area contributed by atoms with E-state index >= 15 is 0 Å². The fourth-order valence-corrected chi connectivity index (χ4v) is 3.58. The minimum absolute atomic E-state index is 0.00922. The average molecular weight is 328 g/mol. The van der Waals surface area contributed by atoms with Crippen molar-refractivity contribution in [3.8, 4) is 0 Å². The third-order valence-corrected chi connectivity index (χ3v) is 4.75. The van der Waals surface area contributed by atoms with E-state index in [-0.39, 0.29) is 24.2 Å². The van der Waals surface area contributed by atoms with Crippen LogP contribution in [-0.4, -0.2) is 47.2 Å². The number of rotatable bonds is 4. The molecule has 1 saturated carbocycles. The number of furan rings is 1. The zero-order valence-corrected chi connectivity index (χ0v) is 13.3. The van der Waals surface area contributed by atoms with Gasteiger partial charge in [0, 0.05) is 18.9 Å². The van der Waals surface area contributed by atoms with Crippen LogP contribution in [0.2, 0.25) is 0 Å². The van der Waals surface area contributed by atoms with E-state index in [0.29, 0.717) is 25.3 Å². The predicted octanol–water partition coefficient (Wildman–Crippen LogP) is 2.26. The molecular weight excluding hydrogens is 308 g/mol. The number of ether oxygens (including phenoxy) is 2. The third kappa shape index (κ3) is 2.95. The number of fused-ring (bicyclic) bond motifs is 1. The Bertz CT molecular complexity index is 674. The highest BCUT2D eigenvalue weighted by atomic mass is 16.5. The minimum Gasteiger partial charge on any atom is -0.472 e. The molecule has 4 rings (SSSR count). The van der Waals surface area contributed by atoms with Crippen molar-refractivity contribution in [1.29, 1.82) is 0 Å². The Balaban J connectivity index is 1.42. The molecule has 1 amide bonds. The quantitative estimate of drug-likeness (QED) is 0.861. The zero-order chi connectivity index (χ0) is 16.4. The van der Waals surface area contributed by atoms with Gasteiger partial charge in [-0.25, -0.2) is 0 Å². The first kappa shape index (κ1) is 15.4. The van der Waals surface area contributed by atoms with Gasteiger partial charge in [0.05, 0.1) is 37.2 Å². The van der Waals surface area contributed by atoms with E-state index in [9.17, 15) is 4.79 Å². The lowest BCUT2D eigenvalue weighted by Gasteiger charge is -2.38. The number of morpholine rings is 1. The Morgan fingerprint density at radius 1 is 1.38 bits per heavy atom. The van der Waals surface area contributed by atoms with Gasteiger partial charge in [-0.2, -0.15) is 0 Å². The molecule has 0 unspecified atom stereocenters. The number of carbonyl (C=O) groups excluding carboxylic acids is 1. The van der Waals surface area contributed by atoms with E-state index in [1.165, 1.54) is 12.5 Å². The molecule has 6 heteroatoms. The molecular formula is C18H20N2O4. The SMILES string of the molecule is O=C(c1ccoc1)N1CCO[C@@H]2[C@H]1CC[C@H]2OCc1cccnc1. The van der Waals surface area contributed by atoms with Crippen LogP contribution in [0.15, 0.2) is 47.5 Å². The topological polar surface area (TPSA) is 64.8 Å². The van der Waals surface area contributed by atoms with Crippen LogP contribution in [0, 0.1) is 0 Å². The van der Waals surface area contributed by atoms with Gasteiger partial charge in [0.25, 0.3) is 5.91 Å². The van der Waals surface area contributed by atoms with Crippen LogP contribution in [-0.2, 0) is 16.1 Å². The molecule has 1 saturated heterocycles. The number of carbonyl (C=O) groups is 1. The second-order valence-corrected chi connectivity index (χ2v) is 6.20. The maximum absolute atomic E-state index is 12.7. The molecule has 2 aromatic rings. The van der Waals surface area contributed by atoms with Crippen molar-refractivity contribution >= 4 is 5.91 Å². The fourth-order valence-electron chi connectivity index (χ4n) is 3.58. The summed E-state index contributed by atoms with van der Waals surface area (Å²) in [5.41, 5.74) is 1.64. The second-order valence-electron chi connectivity index (χ2n) is 6.20. The van der Waals surface area contributed by atoms with E-state index < -0.39 is 0 Å². The van der Waals surface area contributed by atoms with Crippen molar-refractivity contribution in [3.63, 3.8) is 0 Å². The van der Waals surface area contributed by atoms with Crippen LogP contribution >= 0.6 is 0 Å². The molecule has 0 aromatic carbocycles. The van der Waals surface area contributed by atoms with Gasteiger partial charge in [0.15, 0.2) is 0 Å². The Labute approximate surface area is 140 Å². The van der Waals surface area contributed by atoms with E-state index in [1.54, 1.807) is 12.3 Å². The molecule has 2 aromatic heterocycles. The number of pyridine rings is 1. The molecule has 0 N–H and O–H groups in total. The van der Waals surface area contributed by atoms with Crippen molar-refractivity contribution in [1.82, 2.24) is 9.88 Å². The van der Waals surface area contributed by atoms with Crippen LogP contribution in [0.4, 0.5) is 0 Å². The molecule has 0 bridgehead atoms. The number of hydrogen-bond donors (Lipinski definition) is 0. The molecule has 1 aliphatic carbocycles. The number of hydrogen-bond acceptors (Lipinski definition) is 5. The molecule has 2 fully saturated rings. The average Bonchev–Trinajstić information content (AvgIpc) is 3.30. The molecule has 0 radical (unpaired) electrons. The van der Waals surface area contributed by atoms with Crippen molar-refractivity contribution in [2.24, 2.45) is 0 Å². The summed E-state index contributed by atoms with van der Waals surface area (Å²) in [5.74, 6) is 0.00922. The highest BCUT2D eigenvalue weighted by molar-refractivity contribution is 5.94. The summed E-state index contributed by atoms with van der Waals surface area (Å²) in [6, 6.07) is 5.67. The van der Waals surface area contributed by atoms with Crippen molar-refractivity contribution < 1.29 is 18.7 Å². The van der Waals surface area contributed by atoms with E-state index in [4.69, 9.17) is 13.9 Å². The summed E-state index contributed by atoms with van der Waals surface area (Å²) in [6.07, 6.45) is 8.32. The van der Waals surface area contributed by atoms with Crippen LogP contribution < -0.4 is 0 Å². The van der Waals surface area contributed by atoms with Crippen LogP contribution in [0.1, 0.15) is 28.8 Å². The maximum Gasteiger partial charge on any atom is 0.257 e. The normalized spacial score (nSPS) is 26.3. The Morgan fingerprint density at radius 3 is 3.12 bits per heavy atom. The van der Waals surface area contributed by atoms with Crippen molar-refractivity contribution in [3.05, 3.63) is 54.2 Å². The van der Waals surface area contributed by atoms with Gasteiger partial charge >= 0.3 is 0 Å². The van der Waals surface area contributed by atoms with Gasteiger partial charge in [-0.3, -0.25) is 9.78 Å². The standard InChI is InChI=1S/C18H20N2O4/c21-18(14-5-8-22-12-14)20-7-9-23-17-15(20)3-4-16(17)24-11-13-2-1-6-19-10-13/h1-2,5-6,8,10,12,15-17H,3-4,7,9,11H2/t15-,16-,17-/m1/s1. The molecule has 126 valence electrons. The predicted molar refractivity (Wildman–Crippen MR) is 85.3 cm³/mol. The molecule has 3 heterocycles. The first-order chi connectivity index (χ1) is 11.8. The molecule has 1 aliphatic heterocycles. The zero-order valence-electron chi connectivity index (χ0n) is 13.3. The van der Waals surface area contributed by atoms with Crippen LogP contribution in [0.3, 0.4) is 0 Å². The molecule has 6 nitrogen and oxygen atoms in total. The lowest BCUT2D eigenvalue weighted by Crippen LogP contribution is -2.53. The second kappa shape index (κ2) is 6.75. The van der Waals surface area contributed by atoms with Gasteiger partial charge < -0.3 is 18.8 Å². The van der Waals surface area contributed by atoms with Crippen molar-refractivity contribution in [2.45, 2.75) is 37.7 Å². The summed E-state index contributed by atoms with van der Waals surface area (Å²) in [5, 5.41) is 0. The summed E-state index contributed by atoms with van der Waals surface area (Å²) in [7, 11) is 0. The Kier molecular flexibility index (Phi) is 4.32. The number of aromatic nitrogens is 1. The van der Waals surface area contributed by atoms with Gasteiger partial charge in [0.2, 0.25) is 0 Å². The van der Waals surface area contributed by atoms with Gasteiger partial charge in [0.1, 0.15) is 12.4 Å². The van der Waals surface area contributed by atoms with Crippen LogP contribution in [0.5, 0.6) is 0 Å². The van der Waals surface area contributed by atoms with E-state index in [0.717, 1.165) is 18.4 Å². The highest BCUT2D eigenvalue weighted by Gasteiger charge is 2.45. The van der Waals surface area contributed by atoms with Gasteiger partial charge in [-0.15, -0.1) is 0 Å². The Morgan fingerprint density at radius 2 is 2.33 bits per heavy atom. The largest absolute Gasteiger partial charge is 0.472 e. The molecule has 2 aliphatic rings. The maximum atomic E-state index is 12.7. The lowest BCUT2D eigenvalue weighted by molar-refractivity contribution is -0.108. The smallest absolute Gasteiger partial charge is 0.257 e. The van der Waals surface area contributed by atoms with Gasteiger partial charge in [-0.1, -0.05) is 6.07 Å². The highest BCUT2D eigenvalue weighted by Crippen LogP contribution is 2.33. The minimum atomic E-state index is -0.0636. The summed E-state index contributed by atoms with van der Waals surface area (Å²) < 4.78 is 17.0. The van der Waals surface area contributed by atoms with Crippen molar-refractivity contribution in [2.75, 3.05) is 13.2 Å². The summed E-state index contributed by atoms with van der Waals surface area (Å²) in [4.78, 5) is 18.7. The fraction of sp³-hybridized carbons (Fsp3) is 0.444. The number of nitrogens with zero attached hydrogens (tertiary/aromatic N) is 2. The lowest BCUT2D eigenvalue weighted by atomic mass is 10.1. The third-order valence-electron chi connectivity index (χ3n) is 4.75. The number of amides is 1. The van der Waals surface area contributed by atoms with E-state index in [1.807, 2.05) is 23.2 Å². The van der Waals surface area contributed by atoms with E-state index in [2.05, 4.69) is 4.98 Å². The summed E-state index contributed by atoms with van der Waals surface area (Å²) in [6.45, 7) is 1.67. The molecule has 0 spiro atoms.